The van der Waals surface area contributed by atoms with Crippen LogP contribution >= 0.6 is 0 Å². The number of aromatic nitrogens is 4. The molecule has 9 nitrogen and oxygen atoms in total. The van der Waals surface area contributed by atoms with Crippen LogP contribution in [0.15, 0.2) is 67.6 Å². The fourth-order valence-corrected chi connectivity index (χ4v) is 5.88. The van der Waals surface area contributed by atoms with Crippen molar-refractivity contribution in [3.05, 3.63) is 84.6 Å². The summed E-state index contributed by atoms with van der Waals surface area (Å²) < 4.78 is 40.9. The third-order valence-electron chi connectivity index (χ3n) is 7.64. The van der Waals surface area contributed by atoms with E-state index < -0.39 is 17.6 Å². The van der Waals surface area contributed by atoms with E-state index >= 15 is 0 Å². The number of rotatable bonds is 5. The van der Waals surface area contributed by atoms with Crippen molar-refractivity contribution >= 4 is 29.0 Å². The zero-order valence-electron chi connectivity index (χ0n) is 21.1. The molecule has 1 aromatic carbocycles. The third-order valence-corrected chi connectivity index (χ3v) is 7.64. The van der Waals surface area contributed by atoms with Crippen molar-refractivity contribution in [1.82, 2.24) is 24.3 Å². The average molecular weight is 548 g/mol. The van der Waals surface area contributed by atoms with Gasteiger partial charge in [0.25, 0.3) is 5.91 Å². The van der Waals surface area contributed by atoms with Gasteiger partial charge in [-0.1, -0.05) is 18.7 Å². The minimum atomic E-state index is -4.55. The molecule has 4 heterocycles. The van der Waals surface area contributed by atoms with Crippen molar-refractivity contribution in [3.63, 3.8) is 0 Å². The summed E-state index contributed by atoms with van der Waals surface area (Å²) in [5.74, 6) is 0.241. The molecule has 0 spiro atoms. The van der Waals surface area contributed by atoms with Gasteiger partial charge in [0, 0.05) is 35.8 Å². The van der Waals surface area contributed by atoms with Crippen LogP contribution in [0.2, 0.25) is 0 Å². The molecular weight excluding hydrogens is 523 g/mol. The Labute approximate surface area is 226 Å². The molecule has 2 unspecified atom stereocenters. The number of nitrogens with one attached hydrogen (secondary N) is 1. The fourth-order valence-electron chi connectivity index (χ4n) is 5.88. The lowest BCUT2D eigenvalue weighted by molar-refractivity contribution is -0.137. The maximum Gasteiger partial charge on any atom is 0.416 e. The van der Waals surface area contributed by atoms with E-state index in [-0.39, 0.29) is 41.1 Å². The van der Waals surface area contributed by atoms with E-state index in [0.717, 1.165) is 37.6 Å². The maximum atomic E-state index is 13.0. The summed E-state index contributed by atoms with van der Waals surface area (Å²) in [6.07, 6.45) is 3.95. The Morgan fingerprint density at radius 2 is 1.88 bits per heavy atom. The highest BCUT2D eigenvalue weighted by molar-refractivity contribution is 6.04. The van der Waals surface area contributed by atoms with Gasteiger partial charge in [-0.2, -0.15) is 13.2 Å². The number of piperidine rings is 1. The highest BCUT2D eigenvalue weighted by Gasteiger charge is 2.50. The van der Waals surface area contributed by atoms with Crippen LogP contribution in [-0.4, -0.2) is 42.1 Å². The second-order valence-electron chi connectivity index (χ2n) is 9.93. The van der Waals surface area contributed by atoms with Gasteiger partial charge in [-0.25, -0.2) is 15.0 Å². The van der Waals surface area contributed by atoms with Crippen LogP contribution in [-0.2, 0) is 11.0 Å². The van der Waals surface area contributed by atoms with Gasteiger partial charge < -0.3 is 16.0 Å². The number of benzene rings is 1. The molecule has 2 fully saturated rings. The van der Waals surface area contributed by atoms with E-state index in [1.807, 2.05) is 9.30 Å². The molecule has 1 saturated carbocycles. The van der Waals surface area contributed by atoms with Crippen molar-refractivity contribution in [2.75, 3.05) is 11.1 Å². The molecule has 204 valence electrons. The zero-order valence-corrected chi connectivity index (χ0v) is 21.1. The number of alkyl halides is 3. The van der Waals surface area contributed by atoms with Crippen molar-refractivity contribution in [2.45, 2.75) is 37.5 Å². The van der Waals surface area contributed by atoms with Crippen LogP contribution in [0.3, 0.4) is 0 Å². The van der Waals surface area contributed by atoms with Gasteiger partial charge in [-0.05, 0) is 55.5 Å². The molecule has 1 aliphatic heterocycles. The molecule has 2 amide bonds. The van der Waals surface area contributed by atoms with Crippen molar-refractivity contribution in [2.24, 2.45) is 5.92 Å². The Kier molecular flexibility index (Phi) is 6.05. The van der Waals surface area contributed by atoms with Crippen LogP contribution in [0.5, 0.6) is 0 Å². The number of pyridine rings is 1. The molecule has 12 heteroatoms. The third kappa shape index (κ3) is 4.25. The lowest BCUT2D eigenvalue weighted by Crippen LogP contribution is -2.39. The monoisotopic (exact) mass is 547 g/mol. The first-order valence-electron chi connectivity index (χ1n) is 12.7. The Morgan fingerprint density at radius 3 is 2.60 bits per heavy atom. The number of halogens is 3. The van der Waals surface area contributed by atoms with E-state index in [0.29, 0.717) is 22.6 Å². The summed E-state index contributed by atoms with van der Waals surface area (Å²) in [4.78, 5) is 40.4. The van der Waals surface area contributed by atoms with Gasteiger partial charge in [-0.15, -0.1) is 0 Å². The average Bonchev–Trinajstić information content (AvgIpc) is 3.66. The Bertz CT molecular complexity index is 1650. The largest absolute Gasteiger partial charge is 0.416 e. The van der Waals surface area contributed by atoms with Gasteiger partial charge in [0.05, 0.1) is 11.6 Å². The molecule has 2 bridgehead atoms. The number of carbonyl (C=O) groups is 2. The number of nitrogens with two attached hydrogens (primary N) is 1. The number of nitrogens with zero attached hydrogens (tertiary/aromatic N) is 5. The van der Waals surface area contributed by atoms with Crippen molar-refractivity contribution < 1.29 is 22.8 Å². The minimum absolute atomic E-state index is 0.136. The van der Waals surface area contributed by atoms with Crippen molar-refractivity contribution in [1.29, 1.82) is 0 Å². The first-order chi connectivity index (χ1) is 19.2. The number of carbonyl (C=O) groups excluding carboxylic acids is 2. The van der Waals surface area contributed by atoms with E-state index in [2.05, 4.69) is 21.9 Å². The molecule has 0 radical (unpaired) electrons. The van der Waals surface area contributed by atoms with E-state index in [4.69, 9.17) is 10.7 Å². The predicted molar refractivity (Wildman–Crippen MR) is 141 cm³/mol. The molecular formula is C28H24F3N7O2. The zero-order chi connectivity index (χ0) is 28.2. The van der Waals surface area contributed by atoms with Gasteiger partial charge in [0.2, 0.25) is 5.91 Å². The number of anilines is 2. The summed E-state index contributed by atoms with van der Waals surface area (Å²) in [6, 6.07) is 7.95. The number of fused-ring (bicyclic) bond motifs is 3. The summed E-state index contributed by atoms with van der Waals surface area (Å²) >= 11 is 0. The maximum absolute atomic E-state index is 13.0. The van der Waals surface area contributed by atoms with Gasteiger partial charge in [0.1, 0.15) is 28.7 Å². The van der Waals surface area contributed by atoms with Crippen LogP contribution in [0.25, 0.3) is 16.8 Å². The second-order valence-corrected chi connectivity index (χ2v) is 9.93. The fraction of sp³-hybridized carbons (Fsp3) is 0.250. The van der Waals surface area contributed by atoms with Crippen LogP contribution in [0.1, 0.15) is 47.1 Å². The normalized spacial score (nSPS) is 20.2. The summed E-state index contributed by atoms with van der Waals surface area (Å²) in [5.41, 5.74) is 7.37. The highest BCUT2D eigenvalue weighted by Crippen LogP contribution is 2.50. The van der Waals surface area contributed by atoms with Crippen LogP contribution < -0.4 is 11.1 Å². The standard InChI is InChI=1S/C28H24F3N7O2/c1-2-21(39)38-19-8-7-17(13-19)23(38)26-36-22(24-25(32)34-11-12-37(24)26)15-3-5-16(6-4-15)27(40)35-20-14-18(9-10-33-20)28(29,30)31/h2-6,9-12,14,17,19,23H,1,7-8,13H2,(H2,32,34)(H,33,35,40)/t17-,19?,23?/m0/s1. The molecule has 3 atom stereocenters. The number of nitrogen functional groups attached to an aromatic ring is 1. The number of amides is 2. The van der Waals surface area contributed by atoms with Crippen LogP contribution in [0, 0.1) is 5.92 Å². The molecule has 6 rings (SSSR count). The Balaban J connectivity index is 1.33. The predicted octanol–water partition coefficient (Wildman–Crippen LogP) is 4.88. The lowest BCUT2D eigenvalue weighted by atomic mass is 9.97. The molecule has 4 aromatic rings. The molecule has 40 heavy (non-hydrogen) atoms. The number of imidazole rings is 1. The van der Waals surface area contributed by atoms with E-state index in [1.54, 1.807) is 36.7 Å². The number of likely N-dealkylation sites (tertiary alicyclic amines) is 1. The first kappa shape index (κ1) is 25.5. The lowest BCUT2D eigenvalue weighted by Gasteiger charge is -2.33. The summed E-state index contributed by atoms with van der Waals surface area (Å²) in [7, 11) is 0. The SMILES string of the molecule is C=CC(=O)N1C2CC[C@@H](C2)C1c1nc(-c2ccc(C(=O)Nc3cc(C(F)(F)F)ccn3)cc2)c2c(N)nccn12. The smallest absolute Gasteiger partial charge is 0.382 e. The summed E-state index contributed by atoms with van der Waals surface area (Å²) in [5, 5.41) is 2.40. The molecule has 1 saturated heterocycles. The van der Waals surface area contributed by atoms with Crippen molar-refractivity contribution in [3.8, 4) is 11.3 Å². The van der Waals surface area contributed by atoms with Gasteiger partial charge in [0.15, 0.2) is 0 Å². The number of hydrogen-bond donors (Lipinski definition) is 2. The van der Waals surface area contributed by atoms with E-state index in [1.165, 1.54) is 6.08 Å². The summed E-state index contributed by atoms with van der Waals surface area (Å²) in [6.45, 7) is 3.67. The van der Waals surface area contributed by atoms with E-state index in [9.17, 15) is 22.8 Å². The Hall–Kier alpha value is -4.74. The topological polar surface area (TPSA) is 119 Å². The minimum Gasteiger partial charge on any atom is -0.382 e. The second kappa shape index (κ2) is 9.47. The quantitative estimate of drug-likeness (QED) is 0.344. The molecule has 1 aliphatic carbocycles. The first-order valence-corrected chi connectivity index (χ1v) is 12.7. The van der Waals surface area contributed by atoms with Gasteiger partial charge >= 0.3 is 6.18 Å². The van der Waals surface area contributed by atoms with Gasteiger partial charge in [-0.3, -0.25) is 14.0 Å². The molecule has 3 N–H and O–H groups in total. The highest BCUT2D eigenvalue weighted by atomic mass is 19.4. The number of hydrogen-bond acceptors (Lipinski definition) is 6. The Morgan fingerprint density at radius 1 is 1.10 bits per heavy atom. The molecule has 3 aromatic heterocycles. The van der Waals surface area contributed by atoms with Crippen LogP contribution in [0.4, 0.5) is 24.8 Å². The molecule has 2 aliphatic rings.